The summed E-state index contributed by atoms with van der Waals surface area (Å²) in [4.78, 5) is 18.1. The number of hydrogen-bond donors (Lipinski definition) is 2. The molecule has 0 atom stereocenters. The van der Waals surface area contributed by atoms with Crippen LogP contribution in [0.1, 0.15) is 19.8 Å². The molecule has 0 amide bonds. The van der Waals surface area contributed by atoms with Crippen molar-refractivity contribution in [3.05, 3.63) is 51.8 Å². The van der Waals surface area contributed by atoms with Crippen LogP contribution in [-0.2, 0) is 0 Å². The molecule has 0 unspecified atom stereocenters. The monoisotopic (exact) mass is 426 g/mol. The molecule has 156 valence electrons. The lowest BCUT2D eigenvalue weighted by atomic mass is 10.1. The first-order valence-electron chi connectivity index (χ1n) is 9.77. The Labute approximate surface area is 178 Å². The third-order valence-electron chi connectivity index (χ3n) is 5.04. The van der Waals surface area contributed by atoms with Crippen molar-refractivity contribution >= 4 is 39.2 Å². The lowest BCUT2D eigenvalue weighted by molar-refractivity contribution is 0.356. The van der Waals surface area contributed by atoms with Gasteiger partial charge in [-0.05, 0) is 36.8 Å². The van der Waals surface area contributed by atoms with Crippen LogP contribution in [0, 0.1) is 0 Å². The number of nitrogens with one attached hydrogen (secondary N) is 2. The van der Waals surface area contributed by atoms with Crippen molar-refractivity contribution in [1.29, 1.82) is 0 Å². The van der Waals surface area contributed by atoms with E-state index < -0.39 is 0 Å². The number of benzene rings is 2. The summed E-state index contributed by atoms with van der Waals surface area (Å²) < 4.78 is 12.4. The maximum Gasteiger partial charge on any atom is 0.282 e. The minimum absolute atomic E-state index is 0.185. The molecule has 8 heteroatoms. The number of aromatic amines is 1. The Morgan fingerprint density at radius 1 is 1.13 bits per heavy atom. The topological polar surface area (TPSA) is 81.2 Å². The van der Waals surface area contributed by atoms with E-state index in [1.54, 1.807) is 38.5 Å². The number of halogens is 1. The Hall–Kier alpha value is -3.19. The average molecular weight is 427 g/mol. The number of nitrogens with zero attached hydrogens (tertiary/aromatic N) is 2. The standard InChI is InChI=1S/C22H23ClN4O3/c1-4-5-10-24-21-19-20(15-11-17(29-2)18(30-3)12-16(15)25-21)26-27(22(19)28)14-8-6-13(23)7-9-14/h6-9,11-12,26H,4-5,10H2,1-3H3,(H,24,25). The van der Waals surface area contributed by atoms with Crippen LogP contribution in [0.15, 0.2) is 41.2 Å². The molecule has 4 aromatic rings. The molecule has 0 aliphatic carbocycles. The predicted octanol–water partition coefficient (Wildman–Crippen LogP) is 4.75. The fourth-order valence-corrected chi connectivity index (χ4v) is 3.60. The number of anilines is 1. The van der Waals surface area contributed by atoms with Crippen LogP contribution in [0.5, 0.6) is 11.5 Å². The lowest BCUT2D eigenvalue weighted by Gasteiger charge is -2.11. The maximum absolute atomic E-state index is 13.4. The Balaban J connectivity index is 2.02. The molecule has 2 aromatic carbocycles. The summed E-state index contributed by atoms with van der Waals surface area (Å²) in [5.74, 6) is 1.70. The molecule has 2 N–H and O–H groups in total. The van der Waals surface area contributed by atoms with Gasteiger partial charge in [0.1, 0.15) is 11.2 Å². The van der Waals surface area contributed by atoms with E-state index in [1.807, 2.05) is 12.1 Å². The molecule has 0 fully saturated rings. The highest BCUT2D eigenvalue weighted by Gasteiger charge is 2.19. The Bertz CT molecular complexity index is 1260. The van der Waals surface area contributed by atoms with E-state index in [4.69, 9.17) is 26.1 Å². The normalized spacial score (nSPS) is 11.2. The molecule has 2 heterocycles. The van der Waals surface area contributed by atoms with E-state index in [2.05, 4.69) is 17.3 Å². The average Bonchev–Trinajstić information content (AvgIpc) is 3.11. The minimum Gasteiger partial charge on any atom is -0.493 e. The van der Waals surface area contributed by atoms with Gasteiger partial charge in [-0.2, -0.15) is 0 Å². The van der Waals surface area contributed by atoms with Crippen LogP contribution in [0.3, 0.4) is 0 Å². The molecule has 0 aliphatic rings. The number of ether oxygens (including phenoxy) is 2. The van der Waals surface area contributed by atoms with E-state index in [-0.39, 0.29) is 5.56 Å². The van der Waals surface area contributed by atoms with E-state index in [1.165, 1.54) is 4.68 Å². The van der Waals surface area contributed by atoms with E-state index in [9.17, 15) is 4.79 Å². The zero-order valence-corrected chi connectivity index (χ0v) is 17.8. The third kappa shape index (κ3) is 3.45. The van der Waals surface area contributed by atoms with Gasteiger partial charge in [-0.3, -0.25) is 9.89 Å². The fourth-order valence-electron chi connectivity index (χ4n) is 3.47. The van der Waals surface area contributed by atoms with Crippen LogP contribution in [-0.4, -0.2) is 35.5 Å². The summed E-state index contributed by atoms with van der Waals surface area (Å²) in [7, 11) is 3.16. The molecule has 2 aromatic heterocycles. The zero-order chi connectivity index (χ0) is 21.3. The minimum atomic E-state index is -0.185. The molecule has 0 saturated carbocycles. The highest BCUT2D eigenvalue weighted by molar-refractivity contribution is 6.30. The van der Waals surface area contributed by atoms with Gasteiger partial charge in [0.2, 0.25) is 0 Å². The van der Waals surface area contributed by atoms with Gasteiger partial charge in [-0.15, -0.1) is 0 Å². The molecule has 0 spiro atoms. The quantitative estimate of drug-likeness (QED) is 0.417. The van der Waals surface area contributed by atoms with Crippen molar-refractivity contribution in [3.63, 3.8) is 0 Å². The third-order valence-corrected chi connectivity index (χ3v) is 5.29. The number of methoxy groups -OCH3 is 2. The Morgan fingerprint density at radius 3 is 2.50 bits per heavy atom. The Morgan fingerprint density at radius 2 is 1.83 bits per heavy atom. The van der Waals surface area contributed by atoms with Gasteiger partial charge in [0.05, 0.1) is 30.9 Å². The first-order chi connectivity index (χ1) is 14.6. The number of rotatable bonds is 7. The number of fused-ring (bicyclic) bond motifs is 3. The second-order valence-corrected chi connectivity index (χ2v) is 7.38. The lowest BCUT2D eigenvalue weighted by Crippen LogP contribution is -2.15. The number of hydrogen-bond acceptors (Lipinski definition) is 5. The largest absolute Gasteiger partial charge is 0.493 e. The second-order valence-electron chi connectivity index (χ2n) is 6.94. The number of H-pyrrole nitrogens is 1. The van der Waals surface area contributed by atoms with Crippen molar-refractivity contribution in [3.8, 4) is 17.2 Å². The Kier molecular flexibility index (Phi) is 5.55. The van der Waals surface area contributed by atoms with E-state index >= 15 is 0 Å². The first-order valence-corrected chi connectivity index (χ1v) is 10.2. The molecule has 0 saturated heterocycles. The summed E-state index contributed by atoms with van der Waals surface area (Å²) in [6.45, 7) is 2.84. The van der Waals surface area contributed by atoms with Crippen molar-refractivity contribution in [2.45, 2.75) is 19.8 Å². The number of pyridine rings is 1. The van der Waals surface area contributed by atoms with Crippen LogP contribution in [0.4, 0.5) is 5.82 Å². The summed E-state index contributed by atoms with van der Waals surface area (Å²) in [6, 6.07) is 10.7. The van der Waals surface area contributed by atoms with Crippen molar-refractivity contribution < 1.29 is 9.47 Å². The van der Waals surface area contributed by atoms with Gasteiger partial charge in [0.25, 0.3) is 5.56 Å². The molecule has 0 aliphatic heterocycles. The molecular weight excluding hydrogens is 404 g/mol. The molecule has 7 nitrogen and oxygen atoms in total. The highest BCUT2D eigenvalue weighted by atomic mass is 35.5. The maximum atomic E-state index is 13.4. The fraction of sp³-hybridized carbons (Fsp3) is 0.273. The van der Waals surface area contributed by atoms with Crippen LogP contribution >= 0.6 is 11.6 Å². The summed E-state index contributed by atoms with van der Waals surface area (Å²) >= 11 is 6.01. The highest BCUT2D eigenvalue weighted by Crippen LogP contribution is 2.35. The van der Waals surface area contributed by atoms with Gasteiger partial charge in [-0.1, -0.05) is 24.9 Å². The first kappa shape index (κ1) is 20.1. The van der Waals surface area contributed by atoms with Crippen LogP contribution in [0.2, 0.25) is 5.02 Å². The number of unbranched alkanes of at least 4 members (excludes halogenated alkanes) is 1. The van der Waals surface area contributed by atoms with Gasteiger partial charge in [-0.25, -0.2) is 9.67 Å². The van der Waals surface area contributed by atoms with Crippen LogP contribution in [0.25, 0.3) is 27.5 Å². The summed E-state index contributed by atoms with van der Waals surface area (Å²) in [6.07, 6.45) is 2.01. The smallest absolute Gasteiger partial charge is 0.282 e. The van der Waals surface area contributed by atoms with Gasteiger partial charge >= 0.3 is 0 Å². The van der Waals surface area contributed by atoms with Crippen molar-refractivity contribution in [1.82, 2.24) is 14.8 Å². The van der Waals surface area contributed by atoms with E-state index in [0.29, 0.717) is 44.4 Å². The van der Waals surface area contributed by atoms with Crippen LogP contribution < -0.4 is 20.3 Å². The predicted molar refractivity (Wildman–Crippen MR) is 121 cm³/mol. The summed E-state index contributed by atoms with van der Waals surface area (Å²) in [5, 5.41) is 8.45. The molecular formula is C22H23ClN4O3. The molecule has 30 heavy (non-hydrogen) atoms. The van der Waals surface area contributed by atoms with Gasteiger partial charge in [0.15, 0.2) is 11.5 Å². The SMILES string of the molecule is CCCCNc1nc2cc(OC)c(OC)cc2c2[nH]n(-c3ccc(Cl)cc3)c(=O)c12. The van der Waals surface area contributed by atoms with Gasteiger partial charge < -0.3 is 14.8 Å². The van der Waals surface area contributed by atoms with Gasteiger partial charge in [0, 0.05) is 23.0 Å². The molecule has 4 rings (SSSR count). The van der Waals surface area contributed by atoms with Crippen molar-refractivity contribution in [2.75, 3.05) is 26.1 Å². The number of aromatic nitrogens is 3. The molecule has 0 radical (unpaired) electrons. The second kappa shape index (κ2) is 8.28. The van der Waals surface area contributed by atoms with Crippen molar-refractivity contribution in [2.24, 2.45) is 0 Å². The molecule has 0 bridgehead atoms. The van der Waals surface area contributed by atoms with E-state index in [0.717, 1.165) is 24.8 Å². The zero-order valence-electron chi connectivity index (χ0n) is 17.1. The summed E-state index contributed by atoms with van der Waals surface area (Å²) in [5.41, 5.74) is 1.88.